The minimum atomic E-state index is -0.120. The molecule has 2 aliphatic carbocycles. The third kappa shape index (κ3) is 9.86. The van der Waals surface area contributed by atoms with Gasteiger partial charge in [0.15, 0.2) is 0 Å². The van der Waals surface area contributed by atoms with Crippen LogP contribution in [0.4, 0.5) is 0 Å². The van der Waals surface area contributed by atoms with Crippen LogP contribution in [-0.4, -0.2) is 17.9 Å². The zero-order chi connectivity index (χ0) is 30.8. The summed E-state index contributed by atoms with van der Waals surface area (Å²) in [6, 6.07) is 25.8. The first-order valence-corrected chi connectivity index (χ1v) is 19.0. The quantitative estimate of drug-likeness (QED) is 0.134. The minimum Gasteiger partial charge on any atom is -0.330 e. The van der Waals surface area contributed by atoms with Gasteiger partial charge >= 0.3 is 0 Å². The van der Waals surface area contributed by atoms with Gasteiger partial charge in [-0.15, -0.1) is 0 Å². The Hall–Kier alpha value is -1.29. The predicted octanol–water partition coefficient (Wildman–Crippen LogP) is 11.5. The third-order valence-electron chi connectivity index (χ3n) is 9.71. The first-order chi connectivity index (χ1) is 20.8. The summed E-state index contributed by atoms with van der Waals surface area (Å²) in [4.78, 5) is 0. The van der Waals surface area contributed by atoms with Gasteiger partial charge in [-0.25, -0.2) is 0 Å². The summed E-state index contributed by atoms with van der Waals surface area (Å²) in [5.41, 5.74) is 16.2. The molecular formula is C41H59NPPd-. The molecular weight excluding hydrogens is 644 g/mol. The van der Waals surface area contributed by atoms with Crippen molar-refractivity contribution in [1.29, 1.82) is 0 Å². The molecule has 0 unspecified atom stereocenters. The molecule has 2 N–H and O–H groups in total. The second-order valence-corrected chi connectivity index (χ2v) is 16.7. The fourth-order valence-corrected chi connectivity index (χ4v) is 11.3. The molecule has 244 valence electrons. The van der Waals surface area contributed by atoms with Crippen LogP contribution in [0.3, 0.4) is 0 Å². The van der Waals surface area contributed by atoms with Crippen molar-refractivity contribution >= 4 is 13.2 Å². The van der Waals surface area contributed by atoms with Crippen molar-refractivity contribution < 1.29 is 20.4 Å². The second kappa shape index (κ2) is 18.8. The normalized spacial score (nSPS) is 16.2. The average Bonchev–Trinajstić information content (AvgIpc) is 3.03. The van der Waals surface area contributed by atoms with E-state index >= 15 is 0 Å². The zero-order valence-electron chi connectivity index (χ0n) is 28.5. The van der Waals surface area contributed by atoms with Crippen molar-refractivity contribution in [2.45, 2.75) is 141 Å². The summed E-state index contributed by atoms with van der Waals surface area (Å²) >= 11 is 0. The second-order valence-electron chi connectivity index (χ2n) is 14.0. The molecule has 44 heavy (non-hydrogen) atoms. The Balaban J connectivity index is 0.000000455. The van der Waals surface area contributed by atoms with Crippen LogP contribution in [-0.2, 0) is 26.8 Å². The molecule has 3 aromatic carbocycles. The van der Waals surface area contributed by atoms with Crippen LogP contribution in [0.2, 0.25) is 0 Å². The van der Waals surface area contributed by atoms with Crippen LogP contribution in [0.15, 0.2) is 60.7 Å². The summed E-state index contributed by atoms with van der Waals surface area (Å²) in [7, 11) is -0.120. The van der Waals surface area contributed by atoms with E-state index in [4.69, 9.17) is 5.73 Å². The largest absolute Gasteiger partial charge is 0.330 e. The molecule has 3 aromatic rings. The van der Waals surface area contributed by atoms with Gasteiger partial charge < -0.3 is 5.73 Å². The molecule has 2 aliphatic rings. The number of hydrogen-bond acceptors (Lipinski definition) is 1. The van der Waals surface area contributed by atoms with E-state index in [0.717, 1.165) is 17.7 Å². The number of hydrogen-bond donors (Lipinski definition) is 1. The van der Waals surface area contributed by atoms with Gasteiger partial charge in [0.1, 0.15) is 0 Å². The molecule has 0 spiro atoms. The van der Waals surface area contributed by atoms with Crippen LogP contribution in [0.1, 0.15) is 146 Å². The molecule has 0 heterocycles. The third-order valence-corrected chi connectivity index (χ3v) is 13.3. The van der Waals surface area contributed by atoms with Gasteiger partial charge in [-0.1, -0.05) is 124 Å². The number of nitrogens with two attached hydrogens (primary N) is 1. The Morgan fingerprint density at radius 1 is 0.705 bits per heavy atom. The maximum atomic E-state index is 5.34. The Morgan fingerprint density at radius 3 is 1.68 bits per heavy atom. The molecule has 2 saturated carbocycles. The molecule has 0 bridgehead atoms. The van der Waals surface area contributed by atoms with Gasteiger partial charge in [0.25, 0.3) is 0 Å². The predicted molar refractivity (Wildman–Crippen MR) is 192 cm³/mol. The van der Waals surface area contributed by atoms with Crippen LogP contribution in [0, 0.1) is 6.07 Å². The van der Waals surface area contributed by atoms with Crippen molar-refractivity contribution in [2.75, 3.05) is 6.54 Å². The van der Waals surface area contributed by atoms with E-state index in [0.29, 0.717) is 24.3 Å². The molecule has 5 rings (SSSR count). The van der Waals surface area contributed by atoms with Crippen molar-refractivity contribution in [3.8, 4) is 11.1 Å². The molecule has 0 amide bonds. The average molecular weight is 703 g/mol. The molecule has 0 aromatic heterocycles. The molecule has 0 aliphatic heterocycles. The van der Waals surface area contributed by atoms with E-state index in [2.05, 4.69) is 84.0 Å². The number of rotatable bonds is 9. The van der Waals surface area contributed by atoms with Crippen LogP contribution < -0.4 is 11.0 Å². The van der Waals surface area contributed by atoms with E-state index in [1.807, 2.05) is 24.3 Å². The topological polar surface area (TPSA) is 26.0 Å². The summed E-state index contributed by atoms with van der Waals surface area (Å²) in [5, 5.41) is 1.75. The van der Waals surface area contributed by atoms with E-state index in [1.165, 1.54) is 75.3 Å². The fraction of sp³-hybridized carbons (Fsp3) is 0.561. The van der Waals surface area contributed by atoms with Gasteiger partial charge in [-0.05, 0) is 101 Å². The van der Waals surface area contributed by atoms with Crippen molar-refractivity contribution in [3.63, 3.8) is 0 Å². The minimum absolute atomic E-state index is 0. The summed E-state index contributed by atoms with van der Waals surface area (Å²) in [6.07, 6.45) is 15.5. The van der Waals surface area contributed by atoms with Crippen LogP contribution >= 0.6 is 7.92 Å². The molecule has 1 nitrogen and oxygen atoms in total. The van der Waals surface area contributed by atoms with Gasteiger partial charge in [0.05, 0.1) is 0 Å². The van der Waals surface area contributed by atoms with Crippen molar-refractivity contribution in [3.05, 3.63) is 89.0 Å². The Morgan fingerprint density at radius 2 is 1.23 bits per heavy atom. The van der Waals surface area contributed by atoms with Crippen LogP contribution in [0.25, 0.3) is 11.1 Å². The van der Waals surface area contributed by atoms with E-state index < -0.39 is 0 Å². The van der Waals surface area contributed by atoms with E-state index in [-0.39, 0.29) is 28.3 Å². The van der Waals surface area contributed by atoms with E-state index in [9.17, 15) is 0 Å². The first-order valence-electron chi connectivity index (χ1n) is 17.5. The first kappa shape index (κ1) is 37.2. The maximum Gasteiger partial charge on any atom is 0 e. The van der Waals surface area contributed by atoms with Crippen molar-refractivity contribution in [1.82, 2.24) is 0 Å². The molecule has 0 saturated heterocycles. The summed E-state index contributed by atoms with van der Waals surface area (Å²) in [5.74, 6) is 1.64. The zero-order valence-corrected chi connectivity index (χ0v) is 30.9. The van der Waals surface area contributed by atoms with Gasteiger partial charge in [0.2, 0.25) is 0 Å². The summed E-state index contributed by atoms with van der Waals surface area (Å²) in [6.45, 7) is 15.0. The molecule has 0 radical (unpaired) electrons. The molecule has 0 atom stereocenters. The van der Waals surface area contributed by atoms with Crippen LogP contribution in [0.5, 0.6) is 0 Å². The summed E-state index contributed by atoms with van der Waals surface area (Å²) < 4.78 is 0. The Bertz CT molecular complexity index is 1190. The number of benzene rings is 3. The molecule has 2 fully saturated rings. The van der Waals surface area contributed by atoms with E-state index in [1.54, 1.807) is 27.6 Å². The molecule has 3 heteroatoms. The van der Waals surface area contributed by atoms with Gasteiger partial charge in [-0.2, -0.15) is 35.9 Å². The standard InChI is InChI=1S/C33H49P.C8H10N.Pd/c1-23(2)26-21-30(24(3)4)33(31(22-26)25(5)6)29-19-13-14-20-32(29)34(27-15-9-7-10-16-27)28-17-11-8-12-18-28;9-7-6-8-4-2-1-3-5-8;/h13-14,19-25,27-28H,7-12,15-18H2,1-6H3;1-4H,6-7,9H2;/q;-1;. The van der Waals surface area contributed by atoms with Gasteiger partial charge in [-0.3, -0.25) is 0 Å². The Labute approximate surface area is 286 Å². The fourth-order valence-electron chi connectivity index (χ4n) is 7.33. The SMILES string of the molecule is CC(C)c1cc(C(C)C)c(-c2ccccc2P(C2CCCCC2)C2CCCCC2)c(C(C)C)c1.NCCc1[c-]cccc1.[Pd]. The van der Waals surface area contributed by atoms with Gasteiger partial charge in [0, 0.05) is 20.4 Å². The monoisotopic (exact) mass is 702 g/mol. The smallest absolute Gasteiger partial charge is 0 e. The Kier molecular flexibility index (Phi) is 15.8. The van der Waals surface area contributed by atoms with Crippen molar-refractivity contribution in [2.24, 2.45) is 5.73 Å². The maximum absolute atomic E-state index is 5.34.